The van der Waals surface area contributed by atoms with Crippen molar-refractivity contribution in [2.24, 2.45) is 0 Å². The highest BCUT2D eigenvalue weighted by Gasteiger charge is 2.04. The number of Topliss-reactive ketones (excluding diaryl/α,β-unsaturated/α-hetero) is 1. The van der Waals surface area contributed by atoms with Crippen molar-refractivity contribution in [2.75, 3.05) is 11.8 Å². The lowest BCUT2D eigenvalue weighted by atomic mass is 10.2. The van der Waals surface area contributed by atoms with Gasteiger partial charge in [0.05, 0.1) is 17.5 Å². The second kappa shape index (κ2) is 9.42. The number of pyridine rings is 2. The molecule has 1 N–H and O–H groups in total. The van der Waals surface area contributed by atoms with Crippen LogP contribution in [-0.4, -0.2) is 32.6 Å². The molecule has 2 aromatic heterocycles. The molecule has 0 radical (unpaired) electrons. The molecule has 0 aliphatic rings. The molecule has 0 saturated heterocycles. The Morgan fingerprint density at radius 2 is 1.75 bits per heavy atom. The van der Waals surface area contributed by atoms with Crippen LogP contribution in [0.15, 0.2) is 48.8 Å². The summed E-state index contributed by atoms with van der Waals surface area (Å²) >= 11 is 10.7. The molecule has 2 heterocycles. The Morgan fingerprint density at radius 3 is 2.20 bits per heavy atom. The van der Waals surface area contributed by atoms with Gasteiger partial charge in [-0.25, -0.2) is 0 Å². The molecular formula is C14H14Cl2N2O2. The quantitative estimate of drug-likeness (QED) is 0.696. The van der Waals surface area contributed by atoms with E-state index in [1.165, 1.54) is 0 Å². The molecule has 2 rings (SSSR count). The molecule has 4 nitrogen and oxygen atoms in total. The van der Waals surface area contributed by atoms with Crippen molar-refractivity contribution in [2.45, 2.75) is 6.10 Å². The van der Waals surface area contributed by atoms with Gasteiger partial charge in [-0.3, -0.25) is 14.8 Å². The zero-order chi connectivity index (χ0) is 14.8. The zero-order valence-electron chi connectivity index (χ0n) is 10.6. The van der Waals surface area contributed by atoms with Crippen LogP contribution in [0.3, 0.4) is 0 Å². The van der Waals surface area contributed by atoms with Crippen molar-refractivity contribution in [3.63, 3.8) is 0 Å². The van der Waals surface area contributed by atoms with Crippen molar-refractivity contribution in [1.29, 1.82) is 0 Å². The minimum absolute atomic E-state index is 0.00296. The normalized spacial score (nSPS) is 11.2. The molecule has 0 fully saturated rings. The lowest BCUT2D eigenvalue weighted by Gasteiger charge is -2.03. The summed E-state index contributed by atoms with van der Waals surface area (Å²) < 4.78 is 0. The SMILES string of the molecule is O=C(CCl)c1ccccn1.O[C@@H](CCl)c1ccccn1. The molecule has 0 saturated carbocycles. The van der Waals surface area contributed by atoms with Crippen LogP contribution in [0.2, 0.25) is 0 Å². The average Bonchev–Trinajstić information content (AvgIpc) is 2.55. The second-order valence-corrected chi connectivity index (χ2v) is 4.27. The number of alkyl halides is 2. The monoisotopic (exact) mass is 312 g/mol. The van der Waals surface area contributed by atoms with Gasteiger partial charge in [-0.1, -0.05) is 12.1 Å². The summed E-state index contributed by atoms with van der Waals surface area (Å²) in [4.78, 5) is 18.5. The van der Waals surface area contributed by atoms with E-state index in [1.807, 2.05) is 6.07 Å². The third-order valence-corrected chi connectivity index (χ3v) is 2.78. The number of aliphatic hydroxyl groups excluding tert-OH is 1. The Kier molecular flexibility index (Phi) is 7.80. The van der Waals surface area contributed by atoms with Gasteiger partial charge in [0.25, 0.3) is 0 Å². The van der Waals surface area contributed by atoms with Gasteiger partial charge in [0, 0.05) is 12.4 Å². The van der Waals surface area contributed by atoms with Crippen molar-refractivity contribution in [1.82, 2.24) is 9.97 Å². The molecule has 0 amide bonds. The van der Waals surface area contributed by atoms with E-state index in [0.717, 1.165) is 0 Å². The first-order valence-electron chi connectivity index (χ1n) is 5.84. The molecule has 0 aliphatic heterocycles. The molecule has 1 atom stereocenters. The molecule has 6 heteroatoms. The first kappa shape index (κ1) is 16.6. The van der Waals surface area contributed by atoms with Crippen LogP contribution < -0.4 is 0 Å². The van der Waals surface area contributed by atoms with Crippen LogP contribution in [0, 0.1) is 0 Å². The first-order chi connectivity index (χ1) is 9.69. The summed E-state index contributed by atoms with van der Waals surface area (Å²) in [5.41, 5.74) is 1.05. The van der Waals surface area contributed by atoms with E-state index in [1.54, 1.807) is 42.7 Å². The molecule has 20 heavy (non-hydrogen) atoms. The number of halogens is 2. The first-order valence-corrected chi connectivity index (χ1v) is 6.91. The number of aromatic nitrogens is 2. The fraction of sp³-hybridized carbons (Fsp3) is 0.214. The Hall–Kier alpha value is -1.49. The molecule has 0 aromatic carbocycles. The molecule has 0 aliphatic carbocycles. The lowest BCUT2D eigenvalue weighted by Crippen LogP contribution is -2.01. The maximum Gasteiger partial charge on any atom is 0.195 e. The van der Waals surface area contributed by atoms with E-state index in [4.69, 9.17) is 28.3 Å². The fourth-order valence-corrected chi connectivity index (χ4v) is 1.54. The Morgan fingerprint density at radius 1 is 1.10 bits per heavy atom. The number of aliphatic hydroxyl groups is 1. The Bertz CT molecular complexity index is 509. The van der Waals surface area contributed by atoms with Gasteiger partial charge in [-0.15, -0.1) is 23.2 Å². The number of hydrogen-bond donors (Lipinski definition) is 1. The summed E-state index contributed by atoms with van der Waals surface area (Å²) in [6.07, 6.45) is 2.56. The van der Waals surface area contributed by atoms with Gasteiger partial charge >= 0.3 is 0 Å². The third kappa shape index (κ3) is 5.65. The maximum atomic E-state index is 10.8. The van der Waals surface area contributed by atoms with Gasteiger partial charge < -0.3 is 5.11 Å². The number of hydrogen-bond acceptors (Lipinski definition) is 4. The molecule has 106 valence electrons. The fourth-order valence-electron chi connectivity index (χ4n) is 1.25. The third-order valence-electron chi connectivity index (χ3n) is 2.25. The average molecular weight is 313 g/mol. The summed E-state index contributed by atoms with van der Waals surface area (Å²) in [6.45, 7) is 0. The van der Waals surface area contributed by atoms with Gasteiger partial charge in [-0.2, -0.15) is 0 Å². The van der Waals surface area contributed by atoms with Crippen molar-refractivity contribution >= 4 is 29.0 Å². The maximum absolute atomic E-state index is 10.8. The number of nitrogens with zero attached hydrogens (tertiary/aromatic N) is 2. The minimum atomic E-state index is -0.636. The molecular weight excluding hydrogens is 299 g/mol. The van der Waals surface area contributed by atoms with E-state index in [2.05, 4.69) is 9.97 Å². The molecule has 0 bridgehead atoms. The number of carbonyl (C=O) groups is 1. The van der Waals surface area contributed by atoms with E-state index in [9.17, 15) is 4.79 Å². The van der Waals surface area contributed by atoms with Gasteiger partial charge in [0.15, 0.2) is 5.78 Å². The molecule has 2 aromatic rings. The standard InChI is InChI=1S/C7H8ClNO.C7H6ClNO/c2*8-5-7(10)6-3-1-2-4-9-6/h1-4,7,10H,5H2;1-4H,5H2/t7-;/m0./s1. The number of carbonyl (C=O) groups excluding carboxylic acids is 1. The minimum Gasteiger partial charge on any atom is -0.386 e. The lowest BCUT2D eigenvalue weighted by molar-refractivity contribution is 0.101. The van der Waals surface area contributed by atoms with Crippen LogP contribution in [0.1, 0.15) is 22.3 Å². The second-order valence-electron chi connectivity index (χ2n) is 3.70. The van der Waals surface area contributed by atoms with Crippen LogP contribution in [0.5, 0.6) is 0 Å². The Labute approximate surface area is 127 Å². The number of ketones is 1. The van der Waals surface area contributed by atoms with E-state index in [-0.39, 0.29) is 17.5 Å². The Balaban J connectivity index is 0.000000200. The van der Waals surface area contributed by atoms with Crippen molar-refractivity contribution < 1.29 is 9.90 Å². The highest BCUT2D eigenvalue weighted by molar-refractivity contribution is 6.30. The number of rotatable bonds is 4. The van der Waals surface area contributed by atoms with Crippen LogP contribution >= 0.6 is 23.2 Å². The summed E-state index contributed by atoms with van der Waals surface area (Å²) in [5, 5.41) is 9.13. The summed E-state index contributed by atoms with van der Waals surface area (Å²) in [6, 6.07) is 10.5. The van der Waals surface area contributed by atoms with Gasteiger partial charge in [0.1, 0.15) is 11.8 Å². The van der Waals surface area contributed by atoms with Crippen molar-refractivity contribution in [3.8, 4) is 0 Å². The largest absolute Gasteiger partial charge is 0.386 e. The predicted molar refractivity (Wildman–Crippen MR) is 79.2 cm³/mol. The zero-order valence-corrected chi connectivity index (χ0v) is 12.1. The predicted octanol–water partition coefficient (Wildman–Crippen LogP) is 2.86. The smallest absolute Gasteiger partial charge is 0.195 e. The van der Waals surface area contributed by atoms with Gasteiger partial charge in [0.2, 0.25) is 0 Å². The van der Waals surface area contributed by atoms with Crippen LogP contribution in [0.25, 0.3) is 0 Å². The van der Waals surface area contributed by atoms with E-state index >= 15 is 0 Å². The van der Waals surface area contributed by atoms with E-state index in [0.29, 0.717) is 11.4 Å². The summed E-state index contributed by atoms with van der Waals surface area (Å²) in [7, 11) is 0. The molecule has 0 unspecified atom stereocenters. The molecule has 0 spiro atoms. The summed E-state index contributed by atoms with van der Waals surface area (Å²) in [5.74, 6) is 0.0517. The topological polar surface area (TPSA) is 63.1 Å². The van der Waals surface area contributed by atoms with Crippen LogP contribution in [-0.2, 0) is 0 Å². The van der Waals surface area contributed by atoms with Gasteiger partial charge in [-0.05, 0) is 24.3 Å². The van der Waals surface area contributed by atoms with Crippen LogP contribution in [0.4, 0.5) is 0 Å². The highest BCUT2D eigenvalue weighted by Crippen LogP contribution is 2.09. The highest BCUT2D eigenvalue weighted by atomic mass is 35.5. The van der Waals surface area contributed by atoms with Crippen molar-refractivity contribution in [3.05, 3.63) is 60.2 Å². The van der Waals surface area contributed by atoms with E-state index < -0.39 is 6.10 Å².